The number of carbonyl (C=O) groups excluding carboxylic acids is 1. The minimum Gasteiger partial charge on any atom is -0.496 e. The molecule has 174 valence electrons. The summed E-state index contributed by atoms with van der Waals surface area (Å²) in [5, 5.41) is 4.06. The van der Waals surface area contributed by atoms with Crippen LogP contribution in [0.3, 0.4) is 0 Å². The fourth-order valence-electron chi connectivity index (χ4n) is 3.19. The maximum absolute atomic E-state index is 12.5. The highest BCUT2D eigenvalue weighted by molar-refractivity contribution is 8.00. The monoisotopic (exact) mass is 493 g/mol. The molecule has 0 unspecified atom stereocenters. The van der Waals surface area contributed by atoms with E-state index in [9.17, 15) is 4.79 Å². The summed E-state index contributed by atoms with van der Waals surface area (Å²) < 4.78 is 18.2. The van der Waals surface area contributed by atoms with E-state index in [1.165, 1.54) is 10.9 Å². The lowest BCUT2D eigenvalue weighted by atomic mass is 10.1. The van der Waals surface area contributed by atoms with E-state index >= 15 is 0 Å². The first-order valence-corrected chi connectivity index (χ1v) is 12.1. The lowest BCUT2D eigenvalue weighted by Crippen LogP contribution is -2.17. The van der Waals surface area contributed by atoms with Gasteiger partial charge in [0.05, 0.1) is 37.8 Å². The van der Waals surface area contributed by atoms with E-state index in [4.69, 9.17) is 14.2 Å². The van der Waals surface area contributed by atoms with Crippen LogP contribution in [-0.4, -0.2) is 38.4 Å². The Bertz CT molecular complexity index is 1290. The molecular formula is C25H23N3O4S2. The SMILES string of the molecule is COc1cc(OC)c(OC)cc1/C=N/NC(=O)c1ccc(CSc2nc3ccccc3s2)cc1. The Balaban J connectivity index is 1.36. The average Bonchev–Trinajstić information content (AvgIpc) is 3.30. The van der Waals surface area contributed by atoms with Crippen molar-refractivity contribution in [1.29, 1.82) is 0 Å². The number of hydrazone groups is 1. The van der Waals surface area contributed by atoms with Gasteiger partial charge in [-0.25, -0.2) is 10.4 Å². The van der Waals surface area contributed by atoms with Crippen LogP contribution in [0, 0.1) is 0 Å². The molecule has 1 aromatic heterocycles. The molecule has 0 fully saturated rings. The Morgan fingerprint density at radius 1 is 1.00 bits per heavy atom. The summed E-state index contributed by atoms with van der Waals surface area (Å²) >= 11 is 3.37. The summed E-state index contributed by atoms with van der Waals surface area (Å²) in [6, 6.07) is 19.0. The summed E-state index contributed by atoms with van der Waals surface area (Å²) in [6.45, 7) is 0. The molecule has 0 aliphatic rings. The molecule has 7 nitrogen and oxygen atoms in total. The number of nitrogens with zero attached hydrogens (tertiary/aromatic N) is 2. The van der Waals surface area contributed by atoms with E-state index in [0.29, 0.717) is 28.4 Å². The van der Waals surface area contributed by atoms with Crippen molar-refractivity contribution < 1.29 is 19.0 Å². The number of hydrogen-bond donors (Lipinski definition) is 1. The van der Waals surface area contributed by atoms with Crippen molar-refractivity contribution in [3.8, 4) is 17.2 Å². The highest BCUT2D eigenvalue weighted by Gasteiger charge is 2.11. The van der Waals surface area contributed by atoms with Gasteiger partial charge in [-0.2, -0.15) is 5.10 Å². The highest BCUT2D eigenvalue weighted by Crippen LogP contribution is 2.34. The Kier molecular flexibility index (Phi) is 7.66. The van der Waals surface area contributed by atoms with E-state index in [1.807, 2.05) is 30.3 Å². The van der Waals surface area contributed by atoms with Crippen LogP contribution in [0.5, 0.6) is 17.2 Å². The molecule has 0 saturated carbocycles. The van der Waals surface area contributed by atoms with Crippen molar-refractivity contribution >= 4 is 45.4 Å². The number of ether oxygens (including phenoxy) is 3. The number of benzene rings is 3. The number of nitrogens with one attached hydrogen (secondary N) is 1. The fourth-order valence-corrected chi connectivity index (χ4v) is 5.21. The molecule has 0 spiro atoms. The van der Waals surface area contributed by atoms with Crippen molar-refractivity contribution in [3.63, 3.8) is 0 Å². The van der Waals surface area contributed by atoms with Crippen LogP contribution in [0.4, 0.5) is 0 Å². The fraction of sp³-hybridized carbons (Fsp3) is 0.160. The number of fused-ring (bicyclic) bond motifs is 1. The third kappa shape index (κ3) is 5.49. The minimum absolute atomic E-state index is 0.305. The van der Waals surface area contributed by atoms with Crippen molar-refractivity contribution in [1.82, 2.24) is 10.4 Å². The van der Waals surface area contributed by atoms with Gasteiger partial charge in [0.25, 0.3) is 5.91 Å². The van der Waals surface area contributed by atoms with Gasteiger partial charge in [-0.05, 0) is 35.9 Å². The summed E-state index contributed by atoms with van der Waals surface area (Å²) in [5.41, 5.74) is 5.84. The number of methoxy groups -OCH3 is 3. The first-order chi connectivity index (χ1) is 16.6. The molecule has 0 radical (unpaired) electrons. The van der Waals surface area contributed by atoms with E-state index in [2.05, 4.69) is 21.6 Å². The molecule has 9 heteroatoms. The van der Waals surface area contributed by atoms with Crippen molar-refractivity contribution in [2.75, 3.05) is 21.3 Å². The first kappa shape index (κ1) is 23.6. The zero-order valence-corrected chi connectivity index (χ0v) is 20.5. The Morgan fingerprint density at radius 3 is 2.41 bits per heavy atom. The van der Waals surface area contributed by atoms with Crippen molar-refractivity contribution in [2.45, 2.75) is 10.1 Å². The maximum atomic E-state index is 12.5. The van der Waals surface area contributed by atoms with Gasteiger partial charge < -0.3 is 14.2 Å². The van der Waals surface area contributed by atoms with Crippen LogP contribution >= 0.6 is 23.1 Å². The molecule has 1 heterocycles. The normalized spacial score (nSPS) is 11.0. The molecule has 0 bridgehead atoms. The highest BCUT2D eigenvalue weighted by atomic mass is 32.2. The van der Waals surface area contributed by atoms with Crippen LogP contribution in [0.1, 0.15) is 21.5 Å². The molecule has 4 aromatic rings. The van der Waals surface area contributed by atoms with Crippen molar-refractivity contribution in [3.05, 3.63) is 77.4 Å². The first-order valence-electron chi connectivity index (χ1n) is 10.3. The lowest BCUT2D eigenvalue weighted by Gasteiger charge is -2.11. The molecular weight excluding hydrogens is 470 g/mol. The summed E-state index contributed by atoms with van der Waals surface area (Å²) in [4.78, 5) is 17.1. The molecule has 1 amide bonds. The van der Waals surface area contributed by atoms with Crippen LogP contribution in [-0.2, 0) is 5.75 Å². The van der Waals surface area contributed by atoms with Gasteiger partial charge in [-0.3, -0.25) is 4.79 Å². The van der Waals surface area contributed by atoms with Gasteiger partial charge in [0, 0.05) is 22.9 Å². The van der Waals surface area contributed by atoms with Gasteiger partial charge in [0.2, 0.25) is 0 Å². The molecule has 3 aromatic carbocycles. The van der Waals surface area contributed by atoms with Gasteiger partial charge in [0.1, 0.15) is 5.75 Å². The van der Waals surface area contributed by atoms with Gasteiger partial charge in [-0.1, -0.05) is 36.0 Å². The lowest BCUT2D eigenvalue weighted by molar-refractivity contribution is 0.0955. The quantitative estimate of drug-likeness (QED) is 0.192. The second-order valence-corrected chi connectivity index (χ2v) is 9.33. The van der Waals surface area contributed by atoms with E-state index in [0.717, 1.165) is 21.2 Å². The number of para-hydroxylation sites is 1. The number of amides is 1. The van der Waals surface area contributed by atoms with E-state index in [1.54, 1.807) is 68.7 Å². The topological polar surface area (TPSA) is 82.0 Å². The second-order valence-electron chi connectivity index (χ2n) is 7.08. The minimum atomic E-state index is -0.305. The Hall–Kier alpha value is -3.56. The van der Waals surface area contributed by atoms with Crippen LogP contribution < -0.4 is 19.6 Å². The number of rotatable bonds is 9. The number of thioether (sulfide) groups is 1. The molecule has 4 rings (SSSR count). The van der Waals surface area contributed by atoms with Gasteiger partial charge in [0.15, 0.2) is 15.8 Å². The number of thiazole rings is 1. The van der Waals surface area contributed by atoms with Crippen molar-refractivity contribution in [2.24, 2.45) is 5.10 Å². The summed E-state index contributed by atoms with van der Waals surface area (Å²) in [7, 11) is 4.65. The molecule has 0 aliphatic heterocycles. The molecule has 0 atom stereocenters. The Labute approximate surface area is 205 Å². The summed E-state index contributed by atoms with van der Waals surface area (Å²) in [5.74, 6) is 2.10. The molecule has 0 aliphatic carbocycles. The predicted octanol–water partition coefficient (Wildman–Crippen LogP) is 5.38. The Morgan fingerprint density at radius 2 is 1.71 bits per heavy atom. The van der Waals surface area contributed by atoms with Crippen LogP contribution in [0.15, 0.2) is 70.1 Å². The van der Waals surface area contributed by atoms with Gasteiger partial charge in [-0.15, -0.1) is 11.3 Å². The summed E-state index contributed by atoms with van der Waals surface area (Å²) in [6.07, 6.45) is 1.50. The van der Waals surface area contributed by atoms with E-state index < -0.39 is 0 Å². The molecule has 0 saturated heterocycles. The smallest absolute Gasteiger partial charge is 0.271 e. The molecule has 1 N–H and O–H groups in total. The number of aromatic nitrogens is 1. The predicted molar refractivity (Wildman–Crippen MR) is 137 cm³/mol. The maximum Gasteiger partial charge on any atom is 0.271 e. The third-order valence-electron chi connectivity index (χ3n) is 4.96. The average molecular weight is 494 g/mol. The third-order valence-corrected chi connectivity index (χ3v) is 7.21. The second kappa shape index (κ2) is 11.0. The zero-order chi connectivity index (χ0) is 23.9. The largest absolute Gasteiger partial charge is 0.496 e. The number of hydrogen-bond acceptors (Lipinski definition) is 8. The van der Waals surface area contributed by atoms with E-state index in [-0.39, 0.29) is 5.91 Å². The molecule has 34 heavy (non-hydrogen) atoms. The zero-order valence-electron chi connectivity index (χ0n) is 18.9. The number of carbonyl (C=O) groups is 1. The van der Waals surface area contributed by atoms with Crippen LogP contribution in [0.25, 0.3) is 10.2 Å². The van der Waals surface area contributed by atoms with Crippen LogP contribution in [0.2, 0.25) is 0 Å². The van der Waals surface area contributed by atoms with Gasteiger partial charge >= 0.3 is 0 Å². The standard InChI is InChI=1S/C25H23N3O4S2/c1-30-20-13-22(32-3)21(31-2)12-18(20)14-26-28-24(29)17-10-8-16(9-11-17)15-33-25-27-19-6-4-5-7-23(19)34-25/h4-14H,15H2,1-3H3,(H,28,29)/b26-14+.